The van der Waals surface area contributed by atoms with E-state index in [4.69, 9.17) is 9.72 Å². The second-order valence-electron chi connectivity index (χ2n) is 10.8. The highest BCUT2D eigenvalue weighted by molar-refractivity contribution is 5.94. The Bertz CT molecular complexity index is 1580. The summed E-state index contributed by atoms with van der Waals surface area (Å²) in [5.74, 6) is 0.618. The molecular formula is C32H36N8O3. The van der Waals surface area contributed by atoms with Gasteiger partial charge in [-0.2, -0.15) is 9.78 Å². The number of morpholine rings is 1. The molecule has 1 saturated carbocycles. The first-order valence-electron chi connectivity index (χ1n) is 14.8. The SMILES string of the molecule is CCNC(=O)n1cc(-c2ccnc(Nc3cccc(CCN4CCOCC4)c3)n2)c(-c2ccc(NC(=O)C3CC3)cc2)n1. The molecule has 0 atom stereocenters. The third-order valence-electron chi connectivity index (χ3n) is 7.56. The lowest BCUT2D eigenvalue weighted by Gasteiger charge is -2.26. The molecule has 1 aliphatic carbocycles. The van der Waals surface area contributed by atoms with Gasteiger partial charge < -0.3 is 20.7 Å². The first-order valence-corrected chi connectivity index (χ1v) is 14.8. The van der Waals surface area contributed by atoms with Crippen molar-refractivity contribution in [3.8, 4) is 22.5 Å². The zero-order chi connectivity index (χ0) is 29.6. The Kier molecular flexibility index (Phi) is 8.71. The van der Waals surface area contributed by atoms with Crippen LogP contribution in [0.15, 0.2) is 67.0 Å². The van der Waals surface area contributed by atoms with E-state index in [1.165, 1.54) is 10.2 Å². The van der Waals surface area contributed by atoms with Crippen LogP contribution in [0.5, 0.6) is 0 Å². The van der Waals surface area contributed by atoms with Crippen molar-refractivity contribution < 1.29 is 14.3 Å². The molecule has 2 amide bonds. The van der Waals surface area contributed by atoms with Gasteiger partial charge in [0, 0.05) is 67.0 Å². The van der Waals surface area contributed by atoms with Crippen LogP contribution in [0.4, 0.5) is 22.1 Å². The molecule has 43 heavy (non-hydrogen) atoms. The Morgan fingerprint density at radius 1 is 1.02 bits per heavy atom. The Balaban J connectivity index is 1.22. The molecule has 222 valence electrons. The Hall–Kier alpha value is -4.61. The van der Waals surface area contributed by atoms with Crippen molar-refractivity contribution in [3.63, 3.8) is 0 Å². The standard InChI is InChI=1S/C32H36N8O3/c1-2-33-32(42)40-21-27(29(38-40)23-8-10-25(11-9-23)35-30(41)24-6-7-24)28-12-14-34-31(37-28)36-26-5-3-4-22(20-26)13-15-39-16-18-43-19-17-39/h3-5,8-12,14,20-21,24H,2,6-7,13,15-19H2,1H3,(H,33,42)(H,35,41)(H,34,36,37). The molecule has 0 unspecified atom stereocenters. The molecule has 4 aromatic rings. The Labute approximate surface area is 250 Å². The van der Waals surface area contributed by atoms with Gasteiger partial charge >= 0.3 is 6.03 Å². The van der Waals surface area contributed by atoms with Crippen LogP contribution in [0.1, 0.15) is 25.3 Å². The summed E-state index contributed by atoms with van der Waals surface area (Å²) >= 11 is 0. The van der Waals surface area contributed by atoms with Gasteiger partial charge in [-0.3, -0.25) is 9.69 Å². The quantitative estimate of drug-likeness (QED) is 0.249. The van der Waals surface area contributed by atoms with E-state index in [0.29, 0.717) is 29.4 Å². The fourth-order valence-corrected chi connectivity index (χ4v) is 5.03. The first-order chi connectivity index (χ1) is 21.1. The van der Waals surface area contributed by atoms with Gasteiger partial charge in [0.25, 0.3) is 0 Å². The van der Waals surface area contributed by atoms with Crippen LogP contribution in [-0.4, -0.2) is 76.0 Å². The van der Waals surface area contributed by atoms with Crippen LogP contribution in [-0.2, 0) is 16.0 Å². The lowest BCUT2D eigenvalue weighted by molar-refractivity contribution is -0.117. The predicted molar refractivity (Wildman–Crippen MR) is 165 cm³/mol. The number of amides is 2. The first kappa shape index (κ1) is 28.5. The van der Waals surface area contributed by atoms with Gasteiger partial charge in [-0.25, -0.2) is 14.8 Å². The van der Waals surface area contributed by atoms with Crippen LogP contribution in [0.2, 0.25) is 0 Å². The smallest absolute Gasteiger partial charge is 0.342 e. The number of anilines is 3. The molecule has 0 radical (unpaired) electrons. The van der Waals surface area contributed by atoms with Crippen LogP contribution in [0.3, 0.4) is 0 Å². The molecule has 0 spiro atoms. The molecule has 2 aromatic heterocycles. The molecular weight excluding hydrogens is 544 g/mol. The van der Waals surface area contributed by atoms with E-state index in [0.717, 1.165) is 69.0 Å². The highest BCUT2D eigenvalue weighted by Gasteiger charge is 2.29. The number of hydrogen-bond donors (Lipinski definition) is 3. The molecule has 0 bridgehead atoms. The van der Waals surface area contributed by atoms with E-state index in [-0.39, 0.29) is 17.9 Å². The Morgan fingerprint density at radius 2 is 1.84 bits per heavy atom. The number of nitrogens with one attached hydrogen (secondary N) is 3. The minimum absolute atomic E-state index is 0.0533. The second kappa shape index (κ2) is 13.1. The highest BCUT2D eigenvalue weighted by atomic mass is 16.5. The number of aromatic nitrogens is 4. The normalized spacial score (nSPS) is 15.2. The summed E-state index contributed by atoms with van der Waals surface area (Å²) in [6, 6.07) is 17.2. The summed E-state index contributed by atoms with van der Waals surface area (Å²) in [4.78, 5) is 36.6. The van der Waals surface area contributed by atoms with Crippen LogP contribution in [0.25, 0.3) is 22.5 Å². The predicted octanol–water partition coefficient (Wildman–Crippen LogP) is 4.55. The van der Waals surface area contributed by atoms with E-state index in [1.54, 1.807) is 18.5 Å². The van der Waals surface area contributed by atoms with E-state index in [2.05, 4.69) is 43.1 Å². The Morgan fingerprint density at radius 3 is 2.60 bits per heavy atom. The molecule has 2 aliphatic rings. The summed E-state index contributed by atoms with van der Waals surface area (Å²) in [7, 11) is 0. The third-order valence-corrected chi connectivity index (χ3v) is 7.56. The van der Waals surface area contributed by atoms with Gasteiger partial charge in [0.05, 0.1) is 18.9 Å². The molecule has 1 saturated heterocycles. The van der Waals surface area contributed by atoms with E-state index < -0.39 is 0 Å². The van der Waals surface area contributed by atoms with Gasteiger partial charge in [0.15, 0.2) is 0 Å². The topological polar surface area (TPSA) is 126 Å². The maximum atomic E-state index is 12.7. The number of benzene rings is 2. The van der Waals surface area contributed by atoms with Gasteiger partial charge in [-0.15, -0.1) is 0 Å². The van der Waals surface area contributed by atoms with Gasteiger partial charge in [-0.1, -0.05) is 24.3 Å². The van der Waals surface area contributed by atoms with Gasteiger partial charge in [-0.05, 0) is 62.1 Å². The van der Waals surface area contributed by atoms with Crippen molar-refractivity contribution >= 4 is 29.3 Å². The van der Waals surface area contributed by atoms with Crippen LogP contribution in [0, 0.1) is 5.92 Å². The maximum absolute atomic E-state index is 12.7. The summed E-state index contributed by atoms with van der Waals surface area (Å²) in [5.41, 5.74) is 5.56. The molecule has 11 nitrogen and oxygen atoms in total. The van der Waals surface area contributed by atoms with Crippen LogP contribution < -0.4 is 16.0 Å². The molecule has 2 fully saturated rings. The van der Waals surface area contributed by atoms with Gasteiger partial charge in [0.2, 0.25) is 11.9 Å². The van der Waals surface area contributed by atoms with Crippen molar-refractivity contribution in [1.82, 2.24) is 30.0 Å². The number of carbonyl (C=O) groups is 2. The van der Waals surface area contributed by atoms with Crippen molar-refractivity contribution in [2.45, 2.75) is 26.2 Å². The number of rotatable bonds is 10. The van der Waals surface area contributed by atoms with Crippen molar-refractivity contribution in [3.05, 3.63) is 72.6 Å². The molecule has 11 heteroatoms. The minimum atomic E-state index is -0.329. The minimum Gasteiger partial charge on any atom is -0.379 e. The lowest BCUT2D eigenvalue weighted by atomic mass is 10.1. The largest absolute Gasteiger partial charge is 0.379 e. The molecule has 3 heterocycles. The second-order valence-corrected chi connectivity index (χ2v) is 10.8. The average molecular weight is 581 g/mol. The van der Waals surface area contributed by atoms with Gasteiger partial charge in [0.1, 0.15) is 5.69 Å². The summed E-state index contributed by atoms with van der Waals surface area (Å²) in [6.07, 6.45) is 6.21. The lowest BCUT2D eigenvalue weighted by Crippen LogP contribution is -2.37. The summed E-state index contributed by atoms with van der Waals surface area (Å²) in [6.45, 7) is 6.86. The van der Waals surface area contributed by atoms with E-state index in [1.807, 2.05) is 43.3 Å². The number of nitrogens with zero attached hydrogens (tertiary/aromatic N) is 5. The van der Waals surface area contributed by atoms with Crippen LogP contribution >= 0.6 is 0 Å². The zero-order valence-electron chi connectivity index (χ0n) is 24.3. The molecule has 2 aromatic carbocycles. The zero-order valence-corrected chi connectivity index (χ0v) is 24.3. The molecule has 6 rings (SSSR count). The summed E-state index contributed by atoms with van der Waals surface area (Å²) < 4.78 is 6.75. The molecule has 3 N–H and O–H groups in total. The van der Waals surface area contributed by atoms with E-state index in [9.17, 15) is 9.59 Å². The van der Waals surface area contributed by atoms with E-state index >= 15 is 0 Å². The fourth-order valence-electron chi connectivity index (χ4n) is 5.03. The highest BCUT2D eigenvalue weighted by Crippen LogP contribution is 2.33. The average Bonchev–Trinajstić information content (AvgIpc) is 3.80. The van der Waals surface area contributed by atoms with Crippen molar-refractivity contribution in [1.29, 1.82) is 0 Å². The number of ether oxygens (including phenoxy) is 1. The molecule has 1 aliphatic heterocycles. The summed E-state index contributed by atoms with van der Waals surface area (Å²) in [5, 5.41) is 13.7. The van der Waals surface area contributed by atoms with Crippen molar-refractivity contribution in [2.24, 2.45) is 5.92 Å². The fraction of sp³-hybridized carbons (Fsp3) is 0.344. The number of hydrogen-bond acceptors (Lipinski definition) is 8. The maximum Gasteiger partial charge on any atom is 0.342 e. The van der Waals surface area contributed by atoms with Crippen molar-refractivity contribution in [2.75, 3.05) is 50.0 Å². The third kappa shape index (κ3) is 7.25. The number of carbonyl (C=O) groups excluding carboxylic acids is 2. The monoisotopic (exact) mass is 580 g/mol.